The predicted molar refractivity (Wildman–Crippen MR) is 94.9 cm³/mol. The summed E-state index contributed by atoms with van der Waals surface area (Å²) in [6.45, 7) is 12.5. The molecule has 1 aromatic heterocycles. The third kappa shape index (κ3) is 3.29. The minimum Gasteiger partial charge on any atom is -0.304 e. The van der Waals surface area contributed by atoms with E-state index in [4.69, 9.17) is 0 Å². The maximum atomic E-state index is 4.62. The third-order valence-electron chi connectivity index (χ3n) is 4.08. The molecule has 0 aliphatic rings. The average Bonchev–Trinajstić information content (AvgIpc) is 2.45. The van der Waals surface area contributed by atoms with E-state index in [9.17, 15) is 0 Å². The van der Waals surface area contributed by atoms with Gasteiger partial charge in [-0.15, -0.1) is 34.9 Å². The molecule has 0 saturated carbocycles. The van der Waals surface area contributed by atoms with Crippen molar-refractivity contribution in [3.63, 3.8) is 0 Å². The van der Waals surface area contributed by atoms with Crippen LogP contribution >= 0.6 is 0 Å². The molecule has 0 fully saturated rings. The fourth-order valence-electron chi connectivity index (χ4n) is 3.11. The molecule has 1 nitrogen and oxygen atoms in total. The molecule has 2 aromatic carbocycles. The van der Waals surface area contributed by atoms with Gasteiger partial charge in [0.05, 0.1) is 0 Å². The molecule has 3 aromatic rings. The van der Waals surface area contributed by atoms with Gasteiger partial charge in [0.1, 0.15) is 0 Å². The maximum Gasteiger partial charge on any atom is 0.0167 e. The number of benzene rings is 2. The van der Waals surface area contributed by atoms with E-state index < -0.39 is 0 Å². The Kier molecular flexibility index (Phi) is 5.19. The van der Waals surface area contributed by atoms with E-state index >= 15 is 0 Å². The first-order valence-corrected chi connectivity index (χ1v) is 7.52. The van der Waals surface area contributed by atoms with Crippen LogP contribution in [0, 0.1) is 26.8 Å². The number of aromatic nitrogens is 1. The van der Waals surface area contributed by atoms with Gasteiger partial charge >= 0.3 is 0 Å². The van der Waals surface area contributed by atoms with Gasteiger partial charge in [0.15, 0.2) is 0 Å². The summed E-state index contributed by atoms with van der Waals surface area (Å²) < 4.78 is 0. The zero-order valence-corrected chi connectivity index (χ0v) is 16.3. The molecule has 3 rings (SSSR count). The van der Waals surface area contributed by atoms with E-state index in [0.29, 0.717) is 0 Å². The van der Waals surface area contributed by atoms with Crippen molar-refractivity contribution in [2.24, 2.45) is 0 Å². The van der Waals surface area contributed by atoms with Crippen LogP contribution in [0.25, 0.3) is 27.6 Å². The summed E-state index contributed by atoms with van der Waals surface area (Å²) in [5.41, 5.74) is 8.01. The monoisotopic (exact) mass is 479 g/mol. The zero-order valence-electron chi connectivity index (χ0n) is 14.0. The van der Waals surface area contributed by atoms with Gasteiger partial charge in [-0.2, -0.15) is 0 Å². The predicted octanol–water partition coefficient (Wildman–Crippen LogP) is 5.66. The van der Waals surface area contributed by atoms with Crippen LogP contribution in [-0.4, -0.2) is 4.98 Å². The van der Waals surface area contributed by atoms with Gasteiger partial charge < -0.3 is 4.98 Å². The van der Waals surface area contributed by atoms with E-state index in [0.717, 1.165) is 22.4 Å². The largest absolute Gasteiger partial charge is 0.304 e. The quantitative estimate of drug-likeness (QED) is 0.433. The van der Waals surface area contributed by atoms with E-state index in [1.807, 2.05) is 13.1 Å². The fraction of sp³-hybridized carbons (Fsp3) is 0.190. The summed E-state index contributed by atoms with van der Waals surface area (Å²) in [6.07, 6.45) is 1.89. The fourth-order valence-corrected chi connectivity index (χ4v) is 3.11. The Morgan fingerprint density at radius 2 is 1.78 bits per heavy atom. The number of fused-ring (bicyclic) bond motifs is 1. The number of nitrogens with zero attached hydrogens (tertiary/aromatic N) is 1. The minimum absolute atomic E-state index is 0. The molecular weight excluding hydrogens is 458 g/mol. The van der Waals surface area contributed by atoms with Crippen LogP contribution in [0.5, 0.6) is 0 Å². The first-order valence-electron chi connectivity index (χ1n) is 7.52. The molecule has 0 unspecified atom stereocenters. The maximum absolute atomic E-state index is 4.62. The van der Waals surface area contributed by atoms with Gasteiger partial charge in [0.2, 0.25) is 0 Å². The first kappa shape index (κ1) is 17.6. The molecule has 0 bridgehead atoms. The molecule has 0 atom stereocenters. The van der Waals surface area contributed by atoms with E-state index in [2.05, 4.69) is 68.7 Å². The minimum atomic E-state index is 0. The second kappa shape index (κ2) is 6.78. The Bertz CT molecular complexity index is 873. The van der Waals surface area contributed by atoms with Crippen molar-refractivity contribution in [1.82, 2.24) is 4.98 Å². The number of rotatable bonds is 2. The molecule has 0 aliphatic carbocycles. The van der Waals surface area contributed by atoms with Gasteiger partial charge in [-0.1, -0.05) is 38.1 Å². The SMILES string of the molecule is C=C(C)c1ccc2c(-c3[c-]c(C)cc(C)c3)nccc2c1C.[Ir]. The molecule has 0 spiro atoms. The number of hydrogen-bond donors (Lipinski definition) is 0. The van der Waals surface area contributed by atoms with E-state index in [1.165, 1.54) is 27.5 Å². The van der Waals surface area contributed by atoms with Gasteiger partial charge in [0, 0.05) is 26.3 Å². The Balaban J connectivity index is 0.00000192. The summed E-state index contributed by atoms with van der Waals surface area (Å²) in [7, 11) is 0. The second-order valence-electron chi connectivity index (χ2n) is 6.03. The Morgan fingerprint density at radius 3 is 2.43 bits per heavy atom. The van der Waals surface area contributed by atoms with Crippen molar-refractivity contribution in [1.29, 1.82) is 0 Å². The van der Waals surface area contributed by atoms with Crippen LogP contribution in [0.3, 0.4) is 0 Å². The molecule has 119 valence electrons. The molecular formula is C21H20IrN-. The molecule has 1 radical (unpaired) electrons. The van der Waals surface area contributed by atoms with Crippen molar-refractivity contribution in [2.75, 3.05) is 0 Å². The zero-order chi connectivity index (χ0) is 15.9. The van der Waals surface area contributed by atoms with Crippen LogP contribution in [0.1, 0.15) is 29.2 Å². The van der Waals surface area contributed by atoms with E-state index in [-0.39, 0.29) is 20.1 Å². The van der Waals surface area contributed by atoms with Crippen LogP contribution in [-0.2, 0) is 20.1 Å². The van der Waals surface area contributed by atoms with Crippen LogP contribution < -0.4 is 0 Å². The van der Waals surface area contributed by atoms with Crippen molar-refractivity contribution in [3.8, 4) is 11.3 Å². The first-order chi connectivity index (χ1) is 10.5. The molecule has 2 heteroatoms. The third-order valence-corrected chi connectivity index (χ3v) is 4.08. The smallest absolute Gasteiger partial charge is 0.0167 e. The number of pyridine rings is 1. The van der Waals surface area contributed by atoms with Crippen molar-refractivity contribution < 1.29 is 20.1 Å². The summed E-state index contributed by atoms with van der Waals surface area (Å²) in [6, 6.07) is 14.1. The van der Waals surface area contributed by atoms with E-state index in [1.54, 1.807) is 0 Å². The van der Waals surface area contributed by atoms with Gasteiger partial charge in [-0.3, -0.25) is 0 Å². The van der Waals surface area contributed by atoms with Crippen LogP contribution in [0.2, 0.25) is 0 Å². The molecule has 0 aliphatic heterocycles. The molecule has 0 N–H and O–H groups in total. The Morgan fingerprint density at radius 1 is 1.04 bits per heavy atom. The normalized spacial score (nSPS) is 10.4. The average molecular weight is 479 g/mol. The summed E-state index contributed by atoms with van der Waals surface area (Å²) in [5.74, 6) is 0. The summed E-state index contributed by atoms with van der Waals surface area (Å²) in [4.78, 5) is 4.62. The molecule has 0 amide bonds. The molecule has 1 heterocycles. The summed E-state index contributed by atoms with van der Waals surface area (Å²) >= 11 is 0. The standard InChI is InChI=1S/C21H20N.Ir/c1-13(2)18-6-7-20-19(16(18)5)8-9-22-21(20)17-11-14(3)10-15(4)12-17;/h6-11H,1H2,2-5H3;/q-1;. The van der Waals surface area contributed by atoms with Crippen molar-refractivity contribution in [3.05, 3.63) is 71.4 Å². The van der Waals surface area contributed by atoms with Gasteiger partial charge in [-0.25, -0.2) is 0 Å². The Labute approximate surface area is 151 Å². The molecule has 0 saturated heterocycles. The second-order valence-corrected chi connectivity index (χ2v) is 6.03. The summed E-state index contributed by atoms with van der Waals surface area (Å²) in [5, 5.41) is 2.41. The number of hydrogen-bond acceptors (Lipinski definition) is 1. The number of allylic oxidation sites excluding steroid dienone is 1. The Hall–Kier alpha value is -1.76. The molecule has 23 heavy (non-hydrogen) atoms. The topological polar surface area (TPSA) is 12.9 Å². The van der Waals surface area contributed by atoms with Crippen molar-refractivity contribution in [2.45, 2.75) is 27.7 Å². The van der Waals surface area contributed by atoms with Gasteiger partial charge in [-0.05, 0) is 47.5 Å². The van der Waals surface area contributed by atoms with Crippen molar-refractivity contribution >= 4 is 16.3 Å². The van der Waals surface area contributed by atoms with Crippen LogP contribution in [0.4, 0.5) is 0 Å². The number of aryl methyl sites for hydroxylation is 3. The van der Waals surface area contributed by atoms with Gasteiger partial charge in [0.25, 0.3) is 0 Å². The van der Waals surface area contributed by atoms with Crippen LogP contribution in [0.15, 0.2) is 43.1 Å².